The summed E-state index contributed by atoms with van der Waals surface area (Å²) in [5.74, 6) is 0.210. The highest BCUT2D eigenvalue weighted by Gasteiger charge is 2.24. The predicted octanol–water partition coefficient (Wildman–Crippen LogP) is 3.84. The second-order valence-corrected chi connectivity index (χ2v) is 5.08. The lowest BCUT2D eigenvalue weighted by molar-refractivity contribution is 0.302. The number of halogens is 2. The van der Waals surface area contributed by atoms with Crippen molar-refractivity contribution in [1.82, 2.24) is 0 Å². The van der Waals surface area contributed by atoms with E-state index >= 15 is 0 Å². The highest BCUT2D eigenvalue weighted by Crippen LogP contribution is 2.37. The van der Waals surface area contributed by atoms with Gasteiger partial charge in [0.05, 0.1) is 0 Å². The number of rotatable bonds is 2. The fourth-order valence-corrected chi connectivity index (χ4v) is 2.76. The summed E-state index contributed by atoms with van der Waals surface area (Å²) in [6, 6.07) is 2.47. The molecule has 1 atom stereocenters. The third kappa shape index (κ3) is 3.15. The Morgan fingerprint density at radius 1 is 1.28 bits per heavy atom. The summed E-state index contributed by atoms with van der Waals surface area (Å²) in [7, 11) is 0. The summed E-state index contributed by atoms with van der Waals surface area (Å²) < 4.78 is 13.4. The van der Waals surface area contributed by atoms with Gasteiger partial charge in [0.15, 0.2) is 0 Å². The molecular weight excluding hydrogens is 253 g/mol. The second kappa shape index (κ2) is 6.39. The van der Waals surface area contributed by atoms with E-state index in [1.165, 1.54) is 31.4 Å². The highest BCUT2D eigenvalue weighted by atomic mass is 35.5. The average Bonchev–Trinajstić information content (AvgIpc) is 2.34. The Morgan fingerprint density at radius 2 is 1.89 bits per heavy atom. The fraction of sp³-hybridized carbons (Fsp3) is 0.571. The van der Waals surface area contributed by atoms with E-state index in [1.54, 1.807) is 6.92 Å². The third-order valence-corrected chi connectivity index (χ3v) is 3.81. The Bertz CT molecular complexity index is 405. The van der Waals surface area contributed by atoms with Crippen LogP contribution in [0.2, 0.25) is 0 Å². The van der Waals surface area contributed by atoms with Crippen LogP contribution in [-0.4, -0.2) is 5.11 Å². The van der Waals surface area contributed by atoms with Gasteiger partial charge in [0.25, 0.3) is 0 Å². The molecule has 0 bridgehead atoms. The fourth-order valence-electron chi connectivity index (χ4n) is 2.76. The second-order valence-electron chi connectivity index (χ2n) is 5.08. The van der Waals surface area contributed by atoms with Crippen LogP contribution in [0, 0.1) is 18.7 Å². The standard InChI is InChI=1S/C14H20FNO.ClH/c1-9-7-11(15)8-12(14(9)17)13(16)10-5-3-2-4-6-10;/h7-8,10,13,17H,2-6,16H2,1H3;1H/t13-;/m1./s1. The molecule has 2 nitrogen and oxygen atoms in total. The normalized spacial score (nSPS) is 18.2. The molecule has 0 heterocycles. The van der Waals surface area contributed by atoms with Crippen LogP contribution in [0.15, 0.2) is 12.1 Å². The zero-order chi connectivity index (χ0) is 12.4. The van der Waals surface area contributed by atoms with Crippen LogP contribution in [0.4, 0.5) is 4.39 Å². The maximum absolute atomic E-state index is 13.4. The van der Waals surface area contributed by atoms with Crippen LogP contribution >= 0.6 is 12.4 Å². The first-order valence-electron chi connectivity index (χ1n) is 6.34. The Balaban J connectivity index is 0.00000162. The number of hydrogen-bond acceptors (Lipinski definition) is 2. The van der Waals surface area contributed by atoms with Gasteiger partial charge in [-0.1, -0.05) is 19.3 Å². The van der Waals surface area contributed by atoms with Crippen molar-refractivity contribution in [1.29, 1.82) is 0 Å². The van der Waals surface area contributed by atoms with Crippen molar-refractivity contribution in [3.05, 3.63) is 29.1 Å². The van der Waals surface area contributed by atoms with Gasteiger partial charge >= 0.3 is 0 Å². The zero-order valence-corrected chi connectivity index (χ0v) is 11.5. The Labute approximate surface area is 114 Å². The maximum atomic E-state index is 13.4. The first kappa shape index (κ1) is 15.3. The molecular formula is C14H21ClFNO. The average molecular weight is 274 g/mol. The molecule has 4 heteroatoms. The van der Waals surface area contributed by atoms with Crippen LogP contribution in [0.1, 0.15) is 49.3 Å². The van der Waals surface area contributed by atoms with E-state index in [4.69, 9.17) is 5.73 Å². The Morgan fingerprint density at radius 3 is 2.50 bits per heavy atom. The Hall–Kier alpha value is -0.800. The van der Waals surface area contributed by atoms with Crippen LogP contribution in [0.5, 0.6) is 5.75 Å². The lowest BCUT2D eigenvalue weighted by Crippen LogP contribution is -2.23. The number of aromatic hydroxyl groups is 1. The van der Waals surface area contributed by atoms with E-state index in [1.807, 2.05) is 0 Å². The summed E-state index contributed by atoms with van der Waals surface area (Å²) in [5, 5.41) is 9.98. The van der Waals surface area contributed by atoms with E-state index in [9.17, 15) is 9.50 Å². The molecule has 1 fully saturated rings. The van der Waals surface area contributed by atoms with E-state index in [-0.39, 0.29) is 30.0 Å². The summed E-state index contributed by atoms with van der Waals surface area (Å²) in [6.45, 7) is 1.70. The minimum Gasteiger partial charge on any atom is -0.507 e. The van der Waals surface area contributed by atoms with E-state index in [0.717, 1.165) is 12.8 Å². The van der Waals surface area contributed by atoms with Gasteiger partial charge < -0.3 is 10.8 Å². The topological polar surface area (TPSA) is 46.2 Å². The number of hydrogen-bond donors (Lipinski definition) is 2. The van der Waals surface area contributed by atoms with Gasteiger partial charge in [-0.25, -0.2) is 4.39 Å². The van der Waals surface area contributed by atoms with Crippen molar-refractivity contribution in [2.45, 2.75) is 45.1 Å². The maximum Gasteiger partial charge on any atom is 0.124 e. The summed E-state index contributed by atoms with van der Waals surface area (Å²) in [5.41, 5.74) is 7.31. The molecule has 0 amide bonds. The van der Waals surface area contributed by atoms with Gasteiger partial charge in [-0.3, -0.25) is 0 Å². The van der Waals surface area contributed by atoms with Crippen LogP contribution < -0.4 is 5.73 Å². The minimum absolute atomic E-state index is 0. The summed E-state index contributed by atoms with van der Waals surface area (Å²) >= 11 is 0. The van der Waals surface area contributed by atoms with Crippen LogP contribution in [-0.2, 0) is 0 Å². The molecule has 2 rings (SSSR count). The molecule has 0 saturated heterocycles. The highest BCUT2D eigenvalue weighted by molar-refractivity contribution is 5.85. The number of aryl methyl sites for hydroxylation is 1. The molecule has 1 aromatic rings. The number of nitrogens with two attached hydrogens (primary N) is 1. The van der Waals surface area contributed by atoms with Gasteiger partial charge in [0.2, 0.25) is 0 Å². The Kier molecular flexibility index (Phi) is 5.42. The van der Waals surface area contributed by atoms with E-state index < -0.39 is 0 Å². The molecule has 0 aromatic heterocycles. The largest absolute Gasteiger partial charge is 0.507 e. The molecule has 0 aliphatic heterocycles. The molecule has 1 saturated carbocycles. The molecule has 3 N–H and O–H groups in total. The number of phenolic OH excluding ortho intramolecular Hbond substituents is 1. The van der Waals surface area contributed by atoms with E-state index in [0.29, 0.717) is 17.0 Å². The number of benzene rings is 1. The summed E-state index contributed by atoms with van der Waals surface area (Å²) in [6.07, 6.45) is 5.80. The number of phenols is 1. The molecule has 0 radical (unpaired) electrons. The molecule has 1 aliphatic carbocycles. The lowest BCUT2D eigenvalue weighted by atomic mass is 9.81. The SMILES string of the molecule is Cc1cc(F)cc([C@H](N)C2CCCCC2)c1O.Cl. The summed E-state index contributed by atoms with van der Waals surface area (Å²) in [4.78, 5) is 0. The van der Waals surface area contributed by atoms with Crippen LogP contribution in [0.3, 0.4) is 0 Å². The zero-order valence-electron chi connectivity index (χ0n) is 10.7. The first-order chi connectivity index (χ1) is 8.09. The molecule has 1 aromatic carbocycles. The first-order valence-corrected chi connectivity index (χ1v) is 6.34. The minimum atomic E-state index is -0.318. The van der Waals surface area contributed by atoms with Crippen molar-refractivity contribution in [3.63, 3.8) is 0 Å². The molecule has 18 heavy (non-hydrogen) atoms. The molecule has 0 spiro atoms. The van der Waals surface area contributed by atoms with Gasteiger partial charge in [-0.05, 0) is 43.4 Å². The van der Waals surface area contributed by atoms with Crippen molar-refractivity contribution in [3.8, 4) is 5.75 Å². The predicted molar refractivity (Wildman–Crippen MR) is 73.6 cm³/mol. The lowest BCUT2D eigenvalue weighted by Gasteiger charge is -2.28. The van der Waals surface area contributed by atoms with Crippen molar-refractivity contribution in [2.75, 3.05) is 0 Å². The van der Waals surface area contributed by atoms with Gasteiger partial charge in [0.1, 0.15) is 11.6 Å². The monoisotopic (exact) mass is 273 g/mol. The quantitative estimate of drug-likeness (QED) is 0.860. The molecule has 102 valence electrons. The van der Waals surface area contributed by atoms with Crippen molar-refractivity contribution < 1.29 is 9.50 Å². The van der Waals surface area contributed by atoms with Gasteiger partial charge in [-0.15, -0.1) is 12.4 Å². The molecule has 1 aliphatic rings. The third-order valence-electron chi connectivity index (χ3n) is 3.81. The van der Waals surface area contributed by atoms with Crippen molar-refractivity contribution >= 4 is 12.4 Å². The van der Waals surface area contributed by atoms with Crippen LogP contribution in [0.25, 0.3) is 0 Å². The molecule has 0 unspecified atom stereocenters. The van der Waals surface area contributed by atoms with E-state index in [2.05, 4.69) is 0 Å². The van der Waals surface area contributed by atoms with Crippen molar-refractivity contribution in [2.24, 2.45) is 11.7 Å². The van der Waals surface area contributed by atoms with Gasteiger partial charge in [0, 0.05) is 11.6 Å². The van der Waals surface area contributed by atoms with Gasteiger partial charge in [-0.2, -0.15) is 0 Å². The smallest absolute Gasteiger partial charge is 0.124 e.